The molecule has 6 heteroatoms. The van der Waals surface area contributed by atoms with Gasteiger partial charge in [0.2, 0.25) is 0 Å². The lowest BCUT2D eigenvalue weighted by atomic mass is 10.1. The van der Waals surface area contributed by atoms with Crippen LogP contribution in [0.4, 0.5) is 5.69 Å². The molecule has 4 rings (SSSR count). The Morgan fingerprint density at radius 3 is 2.52 bits per heavy atom. The Morgan fingerprint density at radius 2 is 1.76 bits per heavy atom. The number of aromatic hydroxyl groups is 1. The van der Waals surface area contributed by atoms with E-state index in [0.717, 1.165) is 36.6 Å². The van der Waals surface area contributed by atoms with E-state index < -0.39 is 0 Å². The fourth-order valence-electron chi connectivity index (χ4n) is 3.37. The Balaban J connectivity index is 1.66. The number of halogens is 1. The number of phenolic OH excluding ortho intramolecular Hbond substituents is 1. The summed E-state index contributed by atoms with van der Waals surface area (Å²) in [6, 6.07) is 15.3. The van der Waals surface area contributed by atoms with E-state index in [9.17, 15) is 5.11 Å². The zero-order valence-electron chi connectivity index (χ0n) is 14.0. The summed E-state index contributed by atoms with van der Waals surface area (Å²) >= 11 is 6.44. The molecule has 25 heavy (non-hydrogen) atoms. The number of hydrogen-bond acceptors (Lipinski definition) is 5. The zero-order valence-corrected chi connectivity index (χ0v) is 14.7. The normalized spacial score (nSPS) is 17.3. The third kappa shape index (κ3) is 3.43. The van der Waals surface area contributed by atoms with E-state index >= 15 is 0 Å². The van der Waals surface area contributed by atoms with Crippen molar-refractivity contribution < 1.29 is 5.11 Å². The van der Waals surface area contributed by atoms with E-state index in [0.29, 0.717) is 11.7 Å². The fourth-order valence-corrected chi connectivity index (χ4v) is 3.64. The van der Waals surface area contributed by atoms with Gasteiger partial charge in [-0.05, 0) is 55.8 Å². The zero-order chi connectivity index (χ0) is 17.2. The highest BCUT2D eigenvalue weighted by atomic mass is 35.5. The second-order valence-electron chi connectivity index (χ2n) is 6.46. The first-order valence-electron chi connectivity index (χ1n) is 8.59. The standard InChI is InChI=1S/C19H21ClN4O/c20-19-18-6-2-1-5-15(18)13-24(21-19)23(14-22-11-3-4-12-22)16-7-9-17(25)10-8-16/h1-2,5-10,25H,3-4,11-14H2. The molecule has 2 aromatic carbocycles. The highest BCUT2D eigenvalue weighted by Crippen LogP contribution is 2.27. The Labute approximate surface area is 152 Å². The van der Waals surface area contributed by atoms with Crippen LogP contribution in [0.15, 0.2) is 53.6 Å². The van der Waals surface area contributed by atoms with Gasteiger partial charge >= 0.3 is 0 Å². The van der Waals surface area contributed by atoms with Crippen molar-refractivity contribution in [2.75, 3.05) is 24.8 Å². The molecule has 130 valence electrons. The number of benzene rings is 2. The van der Waals surface area contributed by atoms with Gasteiger partial charge in [-0.15, -0.1) is 5.10 Å². The van der Waals surface area contributed by atoms with Crippen molar-refractivity contribution in [1.82, 2.24) is 10.0 Å². The van der Waals surface area contributed by atoms with Crippen molar-refractivity contribution in [3.8, 4) is 5.75 Å². The molecule has 2 heterocycles. The Kier molecular flexibility index (Phi) is 4.51. The number of rotatable bonds is 4. The van der Waals surface area contributed by atoms with Gasteiger partial charge in [-0.3, -0.25) is 9.91 Å². The summed E-state index contributed by atoms with van der Waals surface area (Å²) in [5, 5.41) is 18.8. The van der Waals surface area contributed by atoms with E-state index in [-0.39, 0.29) is 5.75 Å². The third-order valence-corrected chi connectivity index (χ3v) is 4.99. The molecule has 1 N–H and O–H groups in total. The molecule has 0 amide bonds. The minimum absolute atomic E-state index is 0.260. The Hall–Kier alpha value is -2.24. The van der Waals surface area contributed by atoms with Gasteiger partial charge in [0.25, 0.3) is 0 Å². The van der Waals surface area contributed by atoms with Gasteiger partial charge in [0.1, 0.15) is 5.75 Å². The maximum absolute atomic E-state index is 9.61. The first kappa shape index (κ1) is 16.2. The van der Waals surface area contributed by atoms with Gasteiger partial charge in [0, 0.05) is 5.56 Å². The van der Waals surface area contributed by atoms with E-state index in [4.69, 9.17) is 11.6 Å². The first-order valence-corrected chi connectivity index (χ1v) is 8.97. The van der Waals surface area contributed by atoms with Crippen LogP contribution in [0.2, 0.25) is 0 Å². The van der Waals surface area contributed by atoms with Gasteiger partial charge < -0.3 is 5.11 Å². The summed E-state index contributed by atoms with van der Waals surface area (Å²) in [4.78, 5) is 2.41. The molecule has 0 spiro atoms. The number of hydrazine groups is 1. The van der Waals surface area contributed by atoms with Crippen LogP contribution < -0.4 is 5.01 Å². The number of anilines is 1. The summed E-state index contributed by atoms with van der Waals surface area (Å²) in [6.07, 6.45) is 2.46. The predicted molar refractivity (Wildman–Crippen MR) is 101 cm³/mol. The number of phenols is 1. The molecule has 0 bridgehead atoms. The molecule has 5 nitrogen and oxygen atoms in total. The van der Waals surface area contributed by atoms with Gasteiger partial charge in [0.05, 0.1) is 18.9 Å². The average Bonchev–Trinajstić information content (AvgIpc) is 3.14. The van der Waals surface area contributed by atoms with Gasteiger partial charge in [-0.1, -0.05) is 35.9 Å². The smallest absolute Gasteiger partial charge is 0.158 e. The quantitative estimate of drug-likeness (QED) is 0.909. The van der Waals surface area contributed by atoms with Crippen LogP contribution in [0.3, 0.4) is 0 Å². The molecule has 0 saturated carbocycles. The largest absolute Gasteiger partial charge is 0.508 e. The van der Waals surface area contributed by atoms with E-state index in [1.54, 1.807) is 12.1 Å². The second kappa shape index (κ2) is 6.94. The van der Waals surface area contributed by atoms with Crippen LogP contribution in [0.1, 0.15) is 24.0 Å². The maximum Gasteiger partial charge on any atom is 0.158 e. The molecular formula is C19H21ClN4O. The van der Waals surface area contributed by atoms with Crippen LogP contribution in [0, 0.1) is 0 Å². The van der Waals surface area contributed by atoms with Crippen LogP contribution in [0.5, 0.6) is 5.75 Å². The van der Waals surface area contributed by atoms with Crippen LogP contribution >= 0.6 is 11.6 Å². The van der Waals surface area contributed by atoms with Gasteiger partial charge in [-0.25, -0.2) is 0 Å². The van der Waals surface area contributed by atoms with Gasteiger partial charge in [-0.2, -0.15) is 5.12 Å². The molecule has 2 aromatic rings. The molecule has 2 aliphatic heterocycles. The Morgan fingerprint density at radius 1 is 1.04 bits per heavy atom. The minimum Gasteiger partial charge on any atom is -0.508 e. The summed E-state index contributed by atoms with van der Waals surface area (Å²) in [5.74, 6) is 0.260. The first-order chi connectivity index (χ1) is 12.2. The lowest BCUT2D eigenvalue weighted by molar-refractivity contribution is 0.194. The number of fused-ring (bicyclic) bond motifs is 1. The average molecular weight is 357 g/mol. The van der Waals surface area contributed by atoms with Crippen molar-refractivity contribution >= 4 is 22.5 Å². The molecule has 1 fully saturated rings. The molecule has 1 saturated heterocycles. The minimum atomic E-state index is 0.260. The molecule has 0 aromatic heterocycles. The fraction of sp³-hybridized carbons (Fsp3) is 0.316. The monoisotopic (exact) mass is 356 g/mol. The molecule has 2 aliphatic rings. The SMILES string of the molecule is Oc1ccc(N(CN2CCCC2)N2Cc3ccccc3C(Cl)=N2)cc1. The number of hydrazone groups is 1. The molecule has 0 radical (unpaired) electrons. The molecule has 0 unspecified atom stereocenters. The third-order valence-electron chi connectivity index (χ3n) is 4.71. The van der Waals surface area contributed by atoms with Crippen LogP contribution in [0.25, 0.3) is 0 Å². The van der Waals surface area contributed by atoms with Crippen LogP contribution in [-0.2, 0) is 6.54 Å². The topological polar surface area (TPSA) is 42.3 Å². The number of likely N-dealkylation sites (tertiary alicyclic amines) is 1. The highest BCUT2D eigenvalue weighted by molar-refractivity contribution is 6.69. The molecule has 0 aliphatic carbocycles. The van der Waals surface area contributed by atoms with E-state index in [2.05, 4.69) is 21.1 Å². The summed E-state index contributed by atoms with van der Waals surface area (Å²) in [7, 11) is 0. The lowest BCUT2D eigenvalue weighted by Crippen LogP contribution is -2.47. The van der Waals surface area contributed by atoms with Crippen molar-refractivity contribution in [2.45, 2.75) is 19.4 Å². The van der Waals surface area contributed by atoms with Crippen LogP contribution in [-0.4, -0.2) is 40.1 Å². The van der Waals surface area contributed by atoms with E-state index in [1.807, 2.05) is 35.4 Å². The highest BCUT2D eigenvalue weighted by Gasteiger charge is 2.25. The Bertz CT molecular complexity index is 771. The van der Waals surface area contributed by atoms with Crippen molar-refractivity contribution in [3.05, 3.63) is 59.7 Å². The lowest BCUT2D eigenvalue weighted by Gasteiger charge is -2.39. The summed E-state index contributed by atoms with van der Waals surface area (Å²) in [6.45, 7) is 3.61. The summed E-state index contributed by atoms with van der Waals surface area (Å²) < 4.78 is 0. The number of hydrogen-bond donors (Lipinski definition) is 1. The summed E-state index contributed by atoms with van der Waals surface area (Å²) in [5.41, 5.74) is 3.14. The van der Waals surface area contributed by atoms with Crippen molar-refractivity contribution in [3.63, 3.8) is 0 Å². The molecule has 0 atom stereocenters. The molecular weight excluding hydrogens is 336 g/mol. The maximum atomic E-state index is 9.61. The van der Waals surface area contributed by atoms with Gasteiger partial charge in [0.15, 0.2) is 5.17 Å². The van der Waals surface area contributed by atoms with Crippen molar-refractivity contribution in [1.29, 1.82) is 0 Å². The second-order valence-corrected chi connectivity index (χ2v) is 6.82. The van der Waals surface area contributed by atoms with Crippen molar-refractivity contribution in [2.24, 2.45) is 5.10 Å². The number of nitrogens with zero attached hydrogens (tertiary/aromatic N) is 4. The predicted octanol–water partition coefficient (Wildman–Crippen LogP) is 3.58. The van der Waals surface area contributed by atoms with E-state index in [1.165, 1.54) is 12.8 Å².